The van der Waals surface area contributed by atoms with Crippen LogP contribution in [0.3, 0.4) is 0 Å². The number of fused-ring (bicyclic) bond motifs is 5. The number of aromatic nitrogens is 2. The van der Waals surface area contributed by atoms with Crippen LogP contribution in [0.5, 0.6) is 0 Å². The summed E-state index contributed by atoms with van der Waals surface area (Å²) in [6.45, 7) is 5.08. The highest BCUT2D eigenvalue weighted by molar-refractivity contribution is 5.35. The monoisotopic (exact) mass is 446 g/mol. The zero-order valence-electron chi connectivity index (χ0n) is 20.1. The van der Waals surface area contributed by atoms with Gasteiger partial charge >= 0.3 is 0 Å². The van der Waals surface area contributed by atoms with E-state index < -0.39 is 0 Å². The van der Waals surface area contributed by atoms with Crippen molar-refractivity contribution in [3.63, 3.8) is 0 Å². The van der Waals surface area contributed by atoms with E-state index in [0.29, 0.717) is 5.92 Å². The Labute approximate surface area is 197 Å². The van der Waals surface area contributed by atoms with Crippen molar-refractivity contribution in [2.24, 2.45) is 28.6 Å². The lowest BCUT2D eigenvalue weighted by atomic mass is 9.47. The molecule has 0 aliphatic heterocycles. The molecule has 33 heavy (non-hydrogen) atoms. The van der Waals surface area contributed by atoms with Crippen LogP contribution in [0.1, 0.15) is 82.4 Å². The summed E-state index contributed by atoms with van der Waals surface area (Å²) in [4.78, 5) is 0. The van der Waals surface area contributed by atoms with E-state index in [0.717, 1.165) is 54.0 Å². The molecule has 2 aromatic rings. The Balaban J connectivity index is 1.32. The van der Waals surface area contributed by atoms with E-state index in [9.17, 15) is 10.2 Å². The lowest BCUT2D eigenvalue weighted by Gasteiger charge is -2.58. The Morgan fingerprint density at radius 3 is 2.64 bits per heavy atom. The van der Waals surface area contributed by atoms with Crippen LogP contribution in [0.15, 0.2) is 48.2 Å². The Morgan fingerprint density at radius 2 is 1.85 bits per heavy atom. The second-order valence-corrected chi connectivity index (χ2v) is 11.8. The van der Waals surface area contributed by atoms with Gasteiger partial charge in [0.05, 0.1) is 24.1 Å². The molecule has 1 heterocycles. The number of para-hydroxylation sites is 1. The number of aliphatic hydroxyl groups is 2. The highest BCUT2D eigenvalue weighted by atomic mass is 16.3. The second kappa shape index (κ2) is 7.81. The summed E-state index contributed by atoms with van der Waals surface area (Å²) in [5.74, 6) is 2.63. The van der Waals surface area contributed by atoms with Crippen molar-refractivity contribution in [2.45, 2.75) is 83.8 Å². The lowest BCUT2D eigenvalue weighted by molar-refractivity contribution is -0.0413. The Morgan fingerprint density at radius 1 is 1.03 bits per heavy atom. The fourth-order valence-electron chi connectivity index (χ4n) is 8.64. The van der Waals surface area contributed by atoms with Gasteiger partial charge in [-0.3, -0.25) is 0 Å². The lowest BCUT2D eigenvalue weighted by Crippen LogP contribution is -2.50. The average Bonchev–Trinajstić information content (AvgIpc) is 3.40. The van der Waals surface area contributed by atoms with Crippen LogP contribution in [0.2, 0.25) is 0 Å². The van der Waals surface area contributed by atoms with Crippen LogP contribution in [0.25, 0.3) is 5.69 Å². The topological polar surface area (TPSA) is 58.3 Å². The number of rotatable bonds is 3. The van der Waals surface area contributed by atoms with Crippen LogP contribution >= 0.6 is 0 Å². The number of aliphatic hydroxyl groups excluding tert-OH is 2. The minimum Gasteiger partial charge on any atom is -0.393 e. The Hall–Kier alpha value is -1.91. The molecule has 3 fully saturated rings. The first-order valence-corrected chi connectivity index (χ1v) is 13.1. The number of nitrogens with zero attached hydrogens (tertiary/aromatic N) is 2. The third-order valence-electron chi connectivity index (χ3n) is 10.4. The van der Waals surface area contributed by atoms with Crippen molar-refractivity contribution < 1.29 is 10.2 Å². The van der Waals surface area contributed by atoms with Crippen LogP contribution in [-0.2, 0) is 6.61 Å². The molecule has 4 nitrogen and oxygen atoms in total. The first-order valence-electron chi connectivity index (χ1n) is 13.1. The molecule has 6 rings (SSSR count). The molecule has 0 amide bonds. The Bertz CT molecular complexity index is 1060. The third kappa shape index (κ3) is 3.20. The molecule has 4 heteroatoms. The quantitative estimate of drug-likeness (QED) is 0.588. The van der Waals surface area contributed by atoms with Crippen molar-refractivity contribution in [3.8, 4) is 5.69 Å². The summed E-state index contributed by atoms with van der Waals surface area (Å²) in [6.07, 6.45) is 13.6. The Kier molecular flexibility index (Phi) is 5.12. The summed E-state index contributed by atoms with van der Waals surface area (Å²) >= 11 is 0. The predicted molar refractivity (Wildman–Crippen MR) is 130 cm³/mol. The molecule has 0 unspecified atom stereocenters. The van der Waals surface area contributed by atoms with Gasteiger partial charge in [-0.2, -0.15) is 5.10 Å². The highest BCUT2D eigenvalue weighted by Crippen LogP contribution is 2.68. The van der Waals surface area contributed by atoms with E-state index in [1.54, 1.807) is 5.57 Å². The van der Waals surface area contributed by atoms with E-state index in [2.05, 4.69) is 32.1 Å². The zero-order valence-corrected chi connectivity index (χ0v) is 20.1. The number of allylic oxidation sites excluding steroid dienone is 1. The fourth-order valence-corrected chi connectivity index (χ4v) is 8.64. The second-order valence-electron chi connectivity index (χ2n) is 11.8. The molecule has 4 aliphatic carbocycles. The minimum absolute atomic E-state index is 0.0535. The molecule has 2 N–H and O–H groups in total. The molecule has 1 aromatic heterocycles. The number of hydrogen-bond donors (Lipinski definition) is 2. The number of hydrogen-bond acceptors (Lipinski definition) is 3. The molecule has 0 spiro atoms. The average molecular weight is 447 g/mol. The van der Waals surface area contributed by atoms with Gasteiger partial charge in [0.1, 0.15) is 0 Å². The molecule has 1 aromatic carbocycles. The van der Waals surface area contributed by atoms with Crippen molar-refractivity contribution >= 4 is 0 Å². The SMILES string of the molecule is C[C@]12CC[C@H]3[C@@H](CC=C4C[C@@H](O)CC[C@@]43C)[C@@H]1CC[C@@H]2c1nn(-c2ccccc2)cc1CO. The molecule has 0 saturated heterocycles. The van der Waals surface area contributed by atoms with Crippen LogP contribution < -0.4 is 0 Å². The van der Waals surface area contributed by atoms with Gasteiger partial charge in [0.25, 0.3) is 0 Å². The largest absolute Gasteiger partial charge is 0.393 e. The van der Waals surface area contributed by atoms with E-state index in [1.165, 1.54) is 32.1 Å². The van der Waals surface area contributed by atoms with Gasteiger partial charge in [0.2, 0.25) is 0 Å². The van der Waals surface area contributed by atoms with E-state index >= 15 is 0 Å². The van der Waals surface area contributed by atoms with Crippen molar-refractivity contribution in [1.29, 1.82) is 0 Å². The first-order chi connectivity index (χ1) is 15.9. The summed E-state index contributed by atoms with van der Waals surface area (Å²) in [5.41, 5.74) is 5.25. The maximum absolute atomic E-state index is 10.3. The summed E-state index contributed by atoms with van der Waals surface area (Å²) < 4.78 is 1.97. The van der Waals surface area contributed by atoms with Crippen molar-refractivity contribution in [2.75, 3.05) is 0 Å². The van der Waals surface area contributed by atoms with Gasteiger partial charge in [0, 0.05) is 17.7 Å². The van der Waals surface area contributed by atoms with E-state index in [-0.39, 0.29) is 23.5 Å². The van der Waals surface area contributed by atoms with Gasteiger partial charge in [-0.05, 0) is 92.1 Å². The molecular weight excluding hydrogens is 408 g/mol. The molecule has 3 saturated carbocycles. The number of benzene rings is 1. The summed E-state index contributed by atoms with van der Waals surface area (Å²) in [6, 6.07) is 10.3. The van der Waals surface area contributed by atoms with Crippen molar-refractivity contribution in [3.05, 3.63) is 59.4 Å². The minimum atomic E-state index is -0.137. The molecule has 7 atom stereocenters. The normalized spacial score (nSPS) is 40.0. The van der Waals surface area contributed by atoms with Gasteiger partial charge in [0.15, 0.2) is 0 Å². The summed E-state index contributed by atoms with van der Waals surface area (Å²) in [5, 5.41) is 25.6. The zero-order chi connectivity index (χ0) is 22.8. The molecule has 4 aliphatic rings. The van der Waals surface area contributed by atoms with Crippen LogP contribution in [0.4, 0.5) is 0 Å². The maximum Gasteiger partial charge on any atom is 0.0720 e. The van der Waals surface area contributed by atoms with Gasteiger partial charge < -0.3 is 10.2 Å². The molecular formula is C29H38N2O2. The first kappa shape index (κ1) is 21.6. The predicted octanol–water partition coefficient (Wildman–Crippen LogP) is 5.77. The van der Waals surface area contributed by atoms with Crippen LogP contribution in [-0.4, -0.2) is 26.1 Å². The molecule has 0 bridgehead atoms. The van der Waals surface area contributed by atoms with E-state index in [1.807, 2.05) is 29.1 Å². The van der Waals surface area contributed by atoms with E-state index in [4.69, 9.17) is 5.10 Å². The summed E-state index contributed by atoms with van der Waals surface area (Å²) in [7, 11) is 0. The van der Waals surface area contributed by atoms with Gasteiger partial charge in [-0.15, -0.1) is 0 Å². The maximum atomic E-state index is 10.3. The van der Waals surface area contributed by atoms with Crippen molar-refractivity contribution in [1.82, 2.24) is 9.78 Å². The van der Waals surface area contributed by atoms with Crippen LogP contribution in [0, 0.1) is 28.6 Å². The van der Waals surface area contributed by atoms with Gasteiger partial charge in [-0.1, -0.05) is 43.7 Å². The van der Waals surface area contributed by atoms with Gasteiger partial charge in [-0.25, -0.2) is 4.68 Å². The smallest absolute Gasteiger partial charge is 0.0720 e. The highest BCUT2D eigenvalue weighted by Gasteiger charge is 2.59. The third-order valence-corrected chi connectivity index (χ3v) is 10.4. The fraction of sp³-hybridized carbons (Fsp3) is 0.621. The molecule has 176 valence electrons. The molecule has 0 radical (unpaired) electrons. The standard InChI is InChI=1S/C29H38N2O2/c1-28-14-12-22(33)16-20(28)8-9-23-24-10-11-26(29(24,2)15-13-25(23)28)27-19(18-32)17-31(30-27)21-6-4-3-5-7-21/h3-8,17,22-26,32-33H,9-16,18H2,1-2H3/t22-,23-,24-,25-,26+,28-,29-/m0/s1.